The summed E-state index contributed by atoms with van der Waals surface area (Å²) in [7, 11) is -6.89. The fourth-order valence-electron chi connectivity index (χ4n) is 5.73. The van der Waals surface area contributed by atoms with Crippen molar-refractivity contribution < 1.29 is 31.0 Å². The van der Waals surface area contributed by atoms with Crippen LogP contribution in [0.4, 0.5) is 0 Å². The van der Waals surface area contributed by atoms with E-state index >= 15 is 0 Å². The number of rotatable bonds is 9. The van der Waals surface area contributed by atoms with Gasteiger partial charge in [0.25, 0.3) is 10.1 Å². The summed E-state index contributed by atoms with van der Waals surface area (Å²) >= 11 is 0. The quantitative estimate of drug-likeness (QED) is 0.166. The first-order chi connectivity index (χ1) is 18.1. The van der Waals surface area contributed by atoms with Crippen LogP contribution < -0.4 is 0 Å². The van der Waals surface area contributed by atoms with Gasteiger partial charge in [0.2, 0.25) is 0 Å². The fourth-order valence-corrected chi connectivity index (χ4v) is 12.0. The number of carbonyl (C=O) groups is 1. The SMILES string of the molecule is CC[C@H]1[C@H]([C@H](C)COS(=O)(=O)c2ccc(C)cc2)O[Si](C(C)(C)C)(C(C)(C)C)O[C@@H]1[C@H](C)COC(=O)C(C)(C)C. The van der Waals surface area contributed by atoms with Crippen molar-refractivity contribution in [2.45, 2.75) is 124 Å². The second kappa shape index (κ2) is 12.5. The van der Waals surface area contributed by atoms with Crippen LogP contribution in [0.1, 0.15) is 95.1 Å². The molecule has 5 atom stereocenters. The molecular formula is C31H54O7SSi. The summed E-state index contributed by atoms with van der Waals surface area (Å²) in [5.41, 5.74) is 0.389. The van der Waals surface area contributed by atoms with Crippen molar-refractivity contribution in [3.63, 3.8) is 0 Å². The van der Waals surface area contributed by atoms with E-state index < -0.39 is 24.1 Å². The number of aryl methyl sites for hydroxylation is 1. The molecule has 7 nitrogen and oxygen atoms in total. The maximum Gasteiger partial charge on any atom is 0.349 e. The summed E-state index contributed by atoms with van der Waals surface area (Å²) < 4.78 is 51.7. The zero-order valence-corrected chi connectivity index (χ0v) is 28.9. The lowest BCUT2D eigenvalue weighted by molar-refractivity contribution is -0.159. The molecule has 0 amide bonds. The van der Waals surface area contributed by atoms with E-state index in [-0.39, 0.29) is 64.1 Å². The molecule has 1 aromatic carbocycles. The Balaban J connectivity index is 2.44. The van der Waals surface area contributed by atoms with Crippen LogP contribution >= 0.6 is 0 Å². The molecule has 40 heavy (non-hydrogen) atoms. The Bertz CT molecular complexity index is 1080. The first-order valence-corrected chi connectivity index (χ1v) is 17.8. The van der Waals surface area contributed by atoms with Crippen molar-refractivity contribution in [3.8, 4) is 0 Å². The van der Waals surface area contributed by atoms with Crippen molar-refractivity contribution in [1.29, 1.82) is 0 Å². The Kier molecular flexibility index (Phi) is 10.9. The number of benzene rings is 1. The van der Waals surface area contributed by atoms with Crippen LogP contribution in [-0.4, -0.2) is 48.4 Å². The Morgan fingerprint density at radius 1 is 0.875 bits per heavy atom. The maximum atomic E-state index is 13.0. The van der Waals surface area contributed by atoms with Crippen LogP contribution in [0.3, 0.4) is 0 Å². The summed E-state index contributed by atoms with van der Waals surface area (Å²) in [5, 5.41) is -0.562. The third-order valence-corrected chi connectivity index (χ3v) is 14.4. The van der Waals surface area contributed by atoms with Crippen LogP contribution in [0.2, 0.25) is 10.1 Å². The highest BCUT2D eigenvalue weighted by Crippen LogP contribution is 2.57. The molecule has 0 bridgehead atoms. The monoisotopic (exact) mass is 598 g/mol. The number of carbonyl (C=O) groups excluding carboxylic acids is 1. The van der Waals surface area contributed by atoms with E-state index in [0.29, 0.717) is 0 Å². The van der Waals surface area contributed by atoms with Crippen molar-refractivity contribution in [2.24, 2.45) is 23.2 Å². The minimum atomic E-state index is -3.92. The third-order valence-electron chi connectivity index (χ3n) is 7.90. The molecule has 1 aromatic rings. The van der Waals surface area contributed by atoms with Crippen molar-refractivity contribution >= 4 is 24.6 Å². The van der Waals surface area contributed by atoms with Gasteiger partial charge >= 0.3 is 14.5 Å². The second-order valence-electron chi connectivity index (χ2n) is 14.7. The van der Waals surface area contributed by atoms with Gasteiger partial charge in [-0.25, -0.2) is 0 Å². The van der Waals surface area contributed by atoms with Gasteiger partial charge in [-0.2, -0.15) is 8.42 Å². The van der Waals surface area contributed by atoms with Gasteiger partial charge in [0.15, 0.2) is 0 Å². The summed E-state index contributed by atoms with van der Waals surface area (Å²) in [4.78, 5) is 12.7. The topological polar surface area (TPSA) is 88.1 Å². The zero-order chi connectivity index (χ0) is 30.9. The highest BCUT2D eigenvalue weighted by molar-refractivity contribution is 7.86. The second-order valence-corrected chi connectivity index (χ2v) is 21.0. The molecule has 230 valence electrons. The van der Waals surface area contributed by atoms with Gasteiger partial charge in [0.05, 0.1) is 35.7 Å². The Morgan fingerprint density at radius 3 is 1.73 bits per heavy atom. The van der Waals surface area contributed by atoms with E-state index in [9.17, 15) is 13.2 Å². The molecule has 0 N–H and O–H groups in total. The van der Waals surface area contributed by atoms with Crippen LogP contribution in [0.25, 0.3) is 0 Å². The highest BCUT2D eigenvalue weighted by Gasteiger charge is 2.64. The molecule has 1 heterocycles. The van der Waals surface area contributed by atoms with E-state index in [0.717, 1.165) is 12.0 Å². The van der Waals surface area contributed by atoms with Gasteiger partial charge in [0, 0.05) is 27.8 Å². The van der Waals surface area contributed by atoms with E-state index in [1.165, 1.54) is 0 Å². The molecule has 1 fully saturated rings. The number of hydrogen-bond donors (Lipinski definition) is 0. The predicted molar refractivity (Wildman–Crippen MR) is 162 cm³/mol. The summed E-state index contributed by atoms with van der Waals surface area (Å²) in [6.45, 7) is 26.8. The van der Waals surface area contributed by atoms with Crippen LogP contribution in [0.5, 0.6) is 0 Å². The summed E-state index contributed by atoms with van der Waals surface area (Å²) in [6, 6.07) is 6.67. The van der Waals surface area contributed by atoms with Crippen molar-refractivity contribution in [2.75, 3.05) is 13.2 Å². The normalized spacial score (nSPS) is 23.9. The largest absolute Gasteiger partial charge is 0.465 e. The molecule has 2 rings (SSSR count). The molecule has 0 radical (unpaired) electrons. The average Bonchev–Trinajstić information content (AvgIpc) is 2.82. The van der Waals surface area contributed by atoms with Gasteiger partial charge in [-0.05, 0) is 46.2 Å². The average molecular weight is 599 g/mol. The standard InChI is InChI=1S/C31H54O7SSi/c1-14-25-26(22(3)19-35-28(32)29(5,6)7)37-40(30(8,9)10,31(11,12)13)38-27(25)23(4)20-36-39(33,34)24-17-15-21(2)16-18-24/h15-18,22-23,25-27H,14,19-20H2,1-13H3/t22-,23-,25-,26-,27+/m1/s1. The molecule has 9 heteroatoms. The molecule has 0 unspecified atom stereocenters. The van der Waals surface area contributed by atoms with Gasteiger partial charge in [-0.15, -0.1) is 0 Å². The molecule has 0 saturated carbocycles. The van der Waals surface area contributed by atoms with E-state index in [1.807, 2.05) is 34.6 Å². The summed E-state index contributed by atoms with van der Waals surface area (Å²) in [6.07, 6.45) is 0.251. The van der Waals surface area contributed by atoms with Gasteiger partial charge in [0.1, 0.15) is 0 Å². The van der Waals surface area contributed by atoms with Gasteiger partial charge < -0.3 is 13.6 Å². The lowest BCUT2D eigenvalue weighted by atomic mass is 9.81. The molecule has 0 aliphatic carbocycles. The molecule has 1 aliphatic rings. The minimum absolute atomic E-state index is 0.00372. The molecule has 1 saturated heterocycles. The van der Waals surface area contributed by atoms with Crippen LogP contribution in [0, 0.1) is 30.1 Å². The summed E-state index contributed by atoms with van der Waals surface area (Å²) in [5.74, 6) is -0.579. The lowest BCUT2D eigenvalue weighted by Crippen LogP contribution is -2.68. The van der Waals surface area contributed by atoms with Crippen molar-refractivity contribution in [1.82, 2.24) is 0 Å². The fraction of sp³-hybridized carbons (Fsp3) is 0.774. The van der Waals surface area contributed by atoms with Crippen LogP contribution in [-0.2, 0) is 32.7 Å². The Hall–Kier alpha value is -1.26. The molecule has 1 aliphatic heterocycles. The minimum Gasteiger partial charge on any atom is -0.465 e. The number of esters is 1. The first kappa shape index (κ1) is 34.9. The highest BCUT2D eigenvalue weighted by atomic mass is 32.2. The number of ether oxygens (including phenoxy) is 1. The molecule has 0 spiro atoms. The van der Waals surface area contributed by atoms with E-state index in [2.05, 4.69) is 55.4 Å². The van der Waals surface area contributed by atoms with Crippen molar-refractivity contribution in [3.05, 3.63) is 29.8 Å². The Labute approximate surface area is 245 Å². The lowest BCUT2D eigenvalue weighted by Gasteiger charge is -2.59. The predicted octanol–water partition coefficient (Wildman–Crippen LogP) is 7.41. The Morgan fingerprint density at radius 2 is 1.32 bits per heavy atom. The number of hydrogen-bond acceptors (Lipinski definition) is 7. The smallest absolute Gasteiger partial charge is 0.349 e. The first-order valence-electron chi connectivity index (χ1n) is 14.6. The van der Waals surface area contributed by atoms with Gasteiger partial charge in [-0.1, -0.05) is 80.0 Å². The van der Waals surface area contributed by atoms with Gasteiger partial charge in [-0.3, -0.25) is 8.98 Å². The van der Waals surface area contributed by atoms with E-state index in [4.69, 9.17) is 17.8 Å². The third kappa shape index (κ3) is 7.76. The van der Waals surface area contributed by atoms with Crippen LogP contribution in [0.15, 0.2) is 29.2 Å². The maximum absolute atomic E-state index is 13.0. The molecule has 0 aromatic heterocycles. The zero-order valence-electron chi connectivity index (χ0n) is 27.1. The molecular weight excluding hydrogens is 544 g/mol. The van der Waals surface area contributed by atoms with E-state index in [1.54, 1.807) is 24.3 Å².